The minimum absolute atomic E-state index is 0.208. The van der Waals surface area contributed by atoms with E-state index in [4.69, 9.17) is 9.84 Å². The van der Waals surface area contributed by atoms with E-state index in [1.54, 1.807) is 13.8 Å². The van der Waals surface area contributed by atoms with Crippen molar-refractivity contribution in [3.8, 4) is 0 Å². The molecule has 0 aromatic heterocycles. The van der Waals surface area contributed by atoms with Crippen LogP contribution >= 0.6 is 0 Å². The average molecular weight is 263 g/mol. The molecule has 0 saturated carbocycles. The lowest BCUT2D eigenvalue weighted by atomic mass is 9.98. The summed E-state index contributed by atoms with van der Waals surface area (Å²) in [4.78, 5) is 11.0. The average Bonchev–Trinajstić information content (AvgIpc) is 2.30. The van der Waals surface area contributed by atoms with Crippen LogP contribution < -0.4 is 5.32 Å². The standard InChI is InChI=1S/C12H25NO5/c1-5-9(13-8(4)15)11(17)12(10(16)6-14)18-7(2)3/h7,9-12,14,16-17H,5-6H2,1-4H3,(H,13,15)/t9?,10?,11-,12-/m1/s1. The van der Waals surface area contributed by atoms with Crippen molar-refractivity contribution in [1.82, 2.24) is 5.32 Å². The van der Waals surface area contributed by atoms with Crippen LogP contribution in [0.4, 0.5) is 0 Å². The molecule has 0 saturated heterocycles. The van der Waals surface area contributed by atoms with Crippen LogP contribution in [0.5, 0.6) is 0 Å². The second-order valence-electron chi connectivity index (χ2n) is 4.61. The Balaban J connectivity index is 4.78. The van der Waals surface area contributed by atoms with Gasteiger partial charge in [0.25, 0.3) is 0 Å². The van der Waals surface area contributed by atoms with Crippen molar-refractivity contribution in [3.63, 3.8) is 0 Å². The van der Waals surface area contributed by atoms with Crippen LogP contribution in [-0.4, -0.2) is 58.3 Å². The summed E-state index contributed by atoms with van der Waals surface area (Å²) < 4.78 is 5.42. The van der Waals surface area contributed by atoms with Gasteiger partial charge in [-0.15, -0.1) is 0 Å². The summed E-state index contributed by atoms with van der Waals surface area (Å²) in [7, 11) is 0. The van der Waals surface area contributed by atoms with Crippen LogP contribution in [0.25, 0.3) is 0 Å². The molecule has 0 aliphatic heterocycles. The highest BCUT2D eigenvalue weighted by Crippen LogP contribution is 2.14. The number of ether oxygens (including phenoxy) is 1. The summed E-state index contributed by atoms with van der Waals surface area (Å²) in [5.41, 5.74) is 0. The Labute approximate surface area is 108 Å². The molecule has 0 aromatic rings. The molecule has 4 atom stereocenters. The first-order chi connectivity index (χ1) is 8.33. The van der Waals surface area contributed by atoms with Crippen LogP contribution in [-0.2, 0) is 9.53 Å². The van der Waals surface area contributed by atoms with Crippen molar-refractivity contribution in [1.29, 1.82) is 0 Å². The second-order valence-corrected chi connectivity index (χ2v) is 4.61. The molecule has 4 N–H and O–H groups in total. The summed E-state index contributed by atoms with van der Waals surface area (Å²) in [5.74, 6) is -0.261. The molecule has 6 nitrogen and oxygen atoms in total. The Morgan fingerprint density at radius 1 is 1.33 bits per heavy atom. The molecule has 18 heavy (non-hydrogen) atoms. The van der Waals surface area contributed by atoms with E-state index >= 15 is 0 Å². The number of rotatable bonds is 8. The summed E-state index contributed by atoms with van der Waals surface area (Å²) in [6.07, 6.45) is -2.92. The van der Waals surface area contributed by atoms with Crippen LogP contribution in [0, 0.1) is 0 Å². The van der Waals surface area contributed by atoms with Crippen molar-refractivity contribution in [2.24, 2.45) is 0 Å². The van der Waals surface area contributed by atoms with Gasteiger partial charge in [-0.3, -0.25) is 4.79 Å². The van der Waals surface area contributed by atoms with Crippen molar-refractivity contribution in [3.05, 3.63) is 0 Å². The number of nitrogens with one attached hydrogen (secondary N) is 1. The lowest BCUT2D eigenvalue weighted by Crippen LogP contribution is -2.53. The van der Waals surface area contributed by atoms with Crippen LogP contribution in [0.1, 0.15) is 34.1 Å². The molecule has 0 heterocycles. The van der Waals surface area contributed by atoms with E-state index in [0.717, 1.165) is 0 Å². The Kier molecular flexibility index (Phi) is 8.10. The molecule has 108 valence electrons. The van der Waals surface area contributed by atoms with Gasteiger partial charge in [-0.1, -0.05) is 6.92 Å². The van der Waals surface area contributed by atoms with Gasteiger partial charge in [0.15, 0.2) is 0 Å². The predicted octanol–water partition coefficient (Wildman–Crippen LogP) is -0.591. The second kappa shape index (κ2) is 8.42. The predicted molar refractivity (Wildman–Crippen MR) is 67.0 cm³/mol. The lowest BCUT2D eigenvalue weighted by Gasteiger charge is -2.33. The van der Waals surface area contributed by atoms with Crippen molar-refractivity contribution >= 4 is 5.91 Å². The molecule has 0 spiro atoms. The van der Waals surface area contributed by atoms with E-state index < -0.39 is 31.0 Å². The highest BCUT2D eigenvalue weighted by molar-refractivity contribution is 5.73. The highest BCUT2D eigenvalue weighted by Gasteiger charge is 2.33. The summed E-state index contributed by atoms with van der Waals surface area (Å²) in [5, 5.41) is 31.4. The van der Waals surface area contributed by atoms with Crippen LogP contribution in [0.15, 0.2) is 0 Å². The van der Waals surface area contributed by atoms with Crippen molar-refractivity contribution in [2.75, 3.05) is 6.61 Å². The Hall–Kier alpha value is -0.690. The molecule has 1 amide bonds. The Morgan fingerprint density at radius 2 is 1.89 bits per heavy atom. The van der Waals surface area contributed by atoms with Gasteiger partial charge in [0.05, 0.1) is 18.8 Å². The van der Waals surface area contributed by atoms with Gasteiger partial charge in [-0.05, 0) is 20.3 Å². The van der Waals surface area contributed by atoms with Gasteiger partial charge in [-0.25, -0.2) is 0 Å². The van der Waals surface area contributed by atoms with Gasteiger partial charge in [0.2, 0.25) is 5.91 Å². The zero-order valence-electron chi connectivity index (χ0n) is 11.5. The SMILES string of the molecule is CCC(NC(C)=O)[C@@H](O)[C@H](OC(C)C)C(O)CO. The molecule has 0 radical (unpaired) electrons. The van der Waals surface area contributed by atoms with E-state index in [0.29, 0.717) is 6.42 Å². The maximum absolute atomic E-state index is 11.0. The quantitative estimate of drug-likeness (QED) is 0.469. The third-order valence-electron chi connectivity index (χ3n) is 2.57. The first-order valence-electron chi connectivity index (χ1n) is 6.23. The smallest absolute Gasteiger partial charge is 0.217 e. The fourth-order valence-corrected chi connectivity index (χ4v) is 1.74. The maximum Gasteiger partial charge on any atom is 0.217 e. The van der Waals surface area contributed by atoms with E-state index in [2.05, 4.69) is 5.32 Å². The number of aliphatic hydroxyl groups excluding tert-OH is 3. The molecule has 0 aliphatic carbocycles. The topological polar surface area (TPSA) is 99.0 Å². The van der Waals surface area contributed by atoms with Crippen LogP contribution in [0.3, 0.4) is 0 Å². The molecule has 0 aromatic carbocycles. The van der Waals surface area contributed by atoms with Crippen molar-refractivity contribution in [2.45, 2.75) is 64.6 Å². The molecule has 0 aliphatic rings. The first kappa shape index (κ1) is 17.3. The van der Waals surface area contributed by atoms with Gasteiger partial charge < -0.3 is 25.4 Å². The number of amides is 1. The third-order valence-corrected chi connectivity index (χ3v) is 2.57. The molecule has 0 fully saturated rings. The van der Waals surface area contributed by atoms with Crippen molar-refractivity contribution < 1.29 is 24.9 Å². The molecule has 2 unspecified atom stereocenters. The number of carbonyl (C=O) groups is 1. The van der Waals surface area contributed by atoms with Gasteiger partial charge in [0.1, 0.15) is 18.3 Å². The monoisotopic (exact) mass is 263 g/mol. The van der Waals surface area contributed by atoms with Crippen LogP contribution in [0.2, 0.25) is 0 Å². The van der Waals surface area contributed by atoms with E-state index in [1.165, 1.54) is 6.92 Å². The molecular formula is C12H25NO5. The minimum atomic E-state index is -1.19. The van der Waals surface area contributed by atoms with E-state index in [1.807, 2.05) is 6.92 Å². The minimum Gasteiger partial charge on any atom is -0.394 e. The first-order valence-corrected chi connectivity index (χ1v) is 6.23. The molecule has 0 rings (SSSR count). The summed E-state index contributed by atoms with van der Waals surface area (Å²) in [6, 6.07) is -0.521. The van der Waals surface area contributed by atoms with Gasteiger partial charge in [-0.2, -0.15) is 0 Å². The van der Waals surface area contributed by atoms with E-state index in [-0.39, 0.29) is 12.0 Å². The molecule has 0 bridgehead atoms. The summed E-state index contributed by atoms with van der Waals surface area (Å²) >= 11 is 0. The Morgan fingerprint density at radius 3 is 2.22 bits per heavy atom. The largest absolute Gasteiger partial charge is 0.394 e. The Bertz CT molecular complexity index is 247. The number of aliphatic hydroxyl groups is 3. The fraction of sp³-hybridized carbons (Fsp3) is 0.917. The van der Waals surface area contributed by atoms with Gasteiger partial charge >= 0.3 is 0 Å². The molecule has 6 heteroatoms. The lowest BCUT2D eigenvalue weighted by molar-refractivity contribution is -0.142. The number of hydrogen-bond acceptors (Lipinski definition) is 5. The molecular weight excluding hydrogens is 238 g/mol. The van der Waals surface area contributed by atoms with E-state index in [9.17, 15) is 15.0 Å². The van der Waals surface area contributed by atoms with Gasteiger partial charge in [0, 0.05) is 6.92 Å². The highest BCUT2D eigenvalue weighted by atomic mass is 16.5. The number of carbonyl (C=O) groups excluding carboxylic acids is 1. The zero-order valence-corrected chi connectivity index (χ0v) is 11.5. The maximum atomic E-state index is 11.0. The zero-order chi connectivity index (χ0) is 14.3. The fourth-order valence-electron chi connectivity index (χ4n) is 1.74. The third kappa shape index (κ3) is 5.77. The summed E-state index contributed by atoms with van der Waals surface area (Å²) in [6.45, 7) is 6.19. The number of hydrogen-bond donors (Lipinski definition) is 4. The normalized spacial score (nSPS) is 18.2.